The second kappa shape index (κ2) is 9.71. The summed E-state index contributed by atoms with van der Waals surface area (Å²) < 4.78 is 16.5. The van der Waals surface area contributed by atoms with Gasteiger partial charge < -0.3 is 29.5 Å². The number of allylic oxidation sites excluding steroid dienone is 1. The summed E-state index contributed by atoms with van der Waals surface area (Å²) in [6.45, 7) is 5.59. The molecule has 0 amide bonds. The number of phenolic OH excluding ortho intramolecular Hbond substituents is 3. The average Bonchev–Trinajstić information content (AvgIpc) is 2.77. The third-order valence-corrected chi connectivity index (χ3v) is 4.67. The largest absolute Gasteiger partial charge is 0.508 e. The van der Waals surface area contributed by atoms with E-state index in [1.807, 2.05) is 0 Å². The highest BCUT2D eigenvalue weighted by Crippen LogP contribution is 2.50. The fourth-order valence-electron chi connectivity index (χ4n) is 3.22. The fourth-order valence-corrected chi connectivity index (χ4v) is 3.22. The van der Waals surface area contributed by atoms with Gasteiger partial charge in [-0.25, -0.2) is 0 Å². The summed E-state index contributed by atoms with van der Waals surface area (Å²) in [5.41, 5.74) is 2.90. The molecule has 6 heteroatoms. The van der Waals surface area contributed by atoms with E-state index in [0.29, 0.717) is 22.4 Å². The van der Waals surface area contributed by atoms with Crippen molar-refractivity contribution in [1.82, 2.24) is 0 Å². The Morgan fingerprint density at radius 2 is 1.59 bits per heavy atom. The van der Waals surface area contributed by atoms with Crippen molar-refractivity contribution in [2.75, 3.05) is 20.8 Å². The van der Waals surface area contributed by atoms with E-state index in [1.54, 1.807) is 49.4 Å². The molecule has 6 nitrogen and oxygen atoms in total. The first kappa shape index (κ1) is 22.4. The number of hydrogen-bond acceptors (Lipinski definition) is 6. The van der Waals surface area contributed by atoms with Crippen LogP contribution in [0.4, 0.5) is 0 Å². The summed E-state index contributed by atoms with van der Waals surface area (Å²) >= 11 is 0. The van der Waals surface area contributed by atoms with Crippen LogP contribution in [-0.2, 0) is 0 Å². The van der Waals surface area contributed by atoms with Gasteiger partial charge in [0, 0.05) is 5.56 Å². The van der Waals surface area contributed by atoms with E-state index in [2.05, 4.69) is 18.4 Å². The van der Waals surface area contributed by atoms with Gasteiger partial charge in [-0.2, -0.15) is 0 Å². The molecule has 32 heavy (non-hydrogen) atoms. The number of methoxy groups -OCH3 is 2. The van der Waals surface area contributed by atoms with E-state index in [0.717, 1.165) is 11.1 Å². The standard InChI is InChI=1S/C26H24O6/c1-16(2)6-5-13-32-22-12-9-18(14-21(22)28)24-23(30-3)15-20(26(31-4)25(24)29)17-7-10-19(27)11-8-17/h7-12,14-15,27-29H,1,13H2,2-4H3. The molecular weight excluding hydrogens is 408 g/mol. The summed E-state index contributed by atoms with van der Waals surface area (Å²) in [6, 6.07) is 13.0. The minimum Gasteiger partial charge on any atom is -0.508 e. The minimum atomic E-state index is -0.143. The lowest BCUT2D eigenvalue weighted by Gasteiger charge is -2.18. The van der Waals surface area contributed by atoms with Crippen molar-refractivity contribution in [3.8, 4) is 68.6 Å². The van der Waals surface area contributed by atoms with Crippen LogP contribution in [0.25, 0.3) is 22.3 Å². The smallest absolute Gasteiger partial charge is 0.170 e. The molecule has 0 aliphatic rings. The van der Waals surface area contributed by atoms with Crippen LogP contribution in [0.5, 0.6) is 34.5 Å². The number of phenols is 3. The summed E-state index contributed by atoms with van der Waals surface area (Å²) in [5.74, 6) is 6.36. The molecule has 3 aromatic carbocycles. The molecule has 0 bridgehead atoms. The van der Waals surface area contributed by atoms with Crippen LogP contribution in [-0.4, -0.2) is 36.1 Å². The van der Waals surface area contributed by atoms with Crippen LogP contribution in [0.3, 0.4) is 0 Å². The SMILES string of the molecule is C=C(C)C#CCOc1ccc(-c2c(OC)cc(-c3ccc(O)cc3)c(OC)c2O)cc1O. The van der Waals surface area contributed by atoms with Gasteiger partial charge in [-0.15, -0.1) is 0 Å². The van der Waals surface area contributed by atoms with Gasteiger partial charge in [0.1, 0.15) is 18.1 Å². The Labute approximate surface area is 186 Å². The molecule has 0 spiro atoms. The van der Waals surface area contributed by atoms with Crippen molar-refractivity contribution in [2.45, 2.75) is 6.92 Å². The summed E-state index contributed by atoms with van der Waals surface area (Å²) in [7, 11) is 2.94. The van der Waals surface area contributed by atoms with E-state index in [4.69, 9.17) is 14.2 Å². The summed E-state index contributed by atoms with van der Waals surface area (Å²) in [6.07, 6.45) is 0. The Morgan fingerprint density at radius 3 is 2.19 bits per heavy atom. The Hall–Kier alpha value is -4.24. The molecule has 3 N–H and O–H groups in total. The second-order valence-corrected chi connectivity index (χ2v) is 6.98. The predicted molar refractivity (Wildman–Crippen MR) is 123 cm³/mol. The predicted octanol–water partition coefficient (Wildman–Crippen LogP) is 5.11. The van der Waals surface area contributed by atoms with Crippen molar-refractivity contribution >= 4 is 0 Å². The number of rotatable bonds is 6. The van der Waals surface area contributed by atoms with E-state index < -0.39 is 0 Å². The van der Waals surface area contributed by atoms with Crippen molar-refractivity contribution in [2.24, 2.45) is 0 Å². The lowest BCUT2D eigenvalue weighted by atomic mass is 9.96. The van der Waals surface area contributed by atoms with Crippen LogP contribution in [0.15, 0.2) is 60.7 Å². The lowest BCUT2D eigenvalue weighted by Crippen LogP contribution is -1.97. The molecule has 164 valence electrons. The molecular formula is C26H24O6. The Balaban J connectivity index is 2.04. The quantitative estimate of drug-likeness (QED) is 0.469. The number of benzene rings is 3. The molecule has 0 radical (unpaired) electrons. The Kier molecular flexibility index (Phi) is 6.81. The highest BCUT2D eigenvalue weighted by molar-refractivity contribution is 5.88. The maximum Gasteiger partial charge on any atom is 0.170 e. The lowest BCUT2D eigenvalue weighted by molar-refractivity contribution is 0.342. The van der Waals surface area contributed by atoms with E-state index in [-0.39, 0.29) is 35.4 Å². The Morgan fingerprint density at radius 1 is 0.906 bits per heavy atom. The van der Waals surface area contributed by atoms with Gasteiger partial charge in [0.2, 0.25) is 0 Å². The summed E-state index contributed by atoms with van der Waals surface area (Å²) in [5, 5.41) is 31.0. The number of ether oxygens (including phenoxy) is 3. The van der Waals surface area contributed by atoms with Crippen molar-refractivity contribution in [3.05, 3.63) is 60.7 Å². The van der Waals surface area contributed by atoms with Gasteiger partial charge in [0.15, 0.2) is 23.0 Å². The molecule has 0 saturated heterocycles. The third-order valence-electron chi connectivity index (χ3n) is 4.67. The zero-order valence-electron chi connectivity index (χ0n) is 18.1. The minimum absolute atomic E-state index is 0.101. The molecule has 0 aliphatic heterocycles. The molecule has 0 heterocycles. The molecule has 3 aromatic rings. The molecule has 3 rings (SSSR count). The van der Waals surface area contributed by atoms with Crippen LogP contribution in [0.1, 0.15) is 6.92 Å². The second-order valence-electron chi connectivity index (χ2n) is 6.98. The maximum atomic E-state index is 11.0. The third kappa shape index (κ3) is 4.73. The highest BCUT2D eigenvalue weighted by atomic mass is 16.5. The normalized spacial score (nSPS) is 10.1. The zero-order chi connectivity index (χ0) is 23.3. The number of hydrogen-bond donors (Lipinski definition) is 3. The van der Waals surface area contributed by atoms with Gasteiger partial charge in [0.05, 0.1) is 19.8 Å². The molecule has 0 saturated carbocycles. The van der Waals surface area contributed by atoms with Gasteiger partial charge >= 0.3 is 0 Å². The van der Waals surface area contributed by atoms with Crippen LogP contribution in [0.2, 0.25) is 0 Å². The number of aromatic hydroxyl groups is 3. The van der Waals surface area contributed by atoms with Gasteiger partial charge in [-0.05, 0) is 54.0 Å². The first-order valence-corrected chi connectivity index (χ1v) is 9.73. The van der Waals surface area contributed by atoms with Gasteiger partial charge in [-0.3, -0.25) is 0 Å². The van der Waals surface area contributed by atoms with Crippen LogP contribution in [0, 0.1) is 11.8 Å². The highest BCUT2D eigenvalue weighted by Gasteiger charge is 2.22. The first-order valence-electron chi connectivity index (χ1n) is 9.73. The fraction of sp³-hybridized carbons (Fsp3) is 0.154. The van der Waals surface area contributed by atoms with Crippen molar-refractivity contribution < 1.29 is 29.5 Å². The van der Waals surface area contributed by atoms with Crippen molar-refractivity contribution in [1.29, 1.82) is 0 Å². The van der Waals surface area contributed by atoms with E-state index >= 15 is 0 Å². The monoisotopic (exact) mass is 432 g/mol. The topological polar surface area (TPSA) is 88.4 Å². The molecule has 0 unspecified atom stereocenters. The summed E-state index contributed by atoms with van der Waals surface area (Å²) in [4.78, 5) is 0. The Bertz CT molecular complexity index is 1200. The van der Waals surface area contributed by atoms with Crippen LogP contribution >= 0.6 is 0 Å². The zero-order valence-corrected chi connectivity index (χ0v) is 18.1. The van der Waals surface area contributed by atoms with Crippen molar-refractivity contribution in [3.63, 3.8) is 0 Å². The van der Waals surface area contributed by atoms with Gasteiger partial charge in [-0.1, -0.05) is 36.6 Å². The molecule has 0 atom stereocenters. The molecule has 0 fully saturated rings. The van der Waals surface area contributed by atoms with Crippen LogP contribution < -0.4 is 14.2 Å². The first-order chi connectivity index (χ1) is 15.3. The van der Waals surface area contributed by atoms with Gasteiger partial charge in [0.25, 0.3) is 0 Å². The molecule has 0 aromatic heterocycles. The maximum absolute atomic E-state index is 11.0. The molecule has 0 aliphatic carbocycles. The van der Waals surface area contributed by atoms with E-state index in [1.165, 1.54) is 20.3 Å². The average molecular weight is 432 g/mol. The van der Waals surface area contributed by atoms with E-state index in [9.17, 15) is 15.3 Å².